The van der Waals surface area contributed by atoms with Crippen LogP contribution in [-0.2, 0) is 11.2 Å². The Balaban J connectivity index is 2.42. The fraction of sp³-hybridized carbons (Fsp3) is 0.500. The lowest BCUT2D eigenvalue weighted by atomic mass is 10.0. The van der Waals surface area contributed by atoms with Crippen LogP contribution in [0.25, 0.3) is 0 Å². The van der Waals surface area contributed by atoms with Gasteiger partial charge in [-0.2, -0.15) is 0 Å². The fourth-order valence-corrected chi connectivity index (χ4v) is 2.41. The average Bonchev–Trinajstić information content (AvgIpc) is 2.61. The number of hydrogen-bond acceptors (Lipinski definition) is 3. The molecule has 16 heavy (non-hydrogen) atoms. The Kier molecular flexibility index (Phi) is 4.68. The normalized spacial score (nSPS) is 12.4. The second kappa shape index (κ2) is 5.80. The minimum absolute atomic E-state index is 0.0924. The lowest BCUT2D eigenvalue weighted by Gasteiger charge is -2.06. The maximum Gasteiger partial charge on any atom is 0.303 e. The summed E-state index contributed by atoms with van der Waals surface area (Å²) in [5.41, 5.74) is 0. The number of hydrogen-bond donors (Lipinski definition) is 1. The number of thiophene rings is 1. The highest BCUT2D eigenvalue weighted by molar-refractivity contribution is 7.14. The highest BCUT2D eigenvalue weighted by atomic mass is 32.1. The van der Waals surface area contributed by atoms with Crippen molar-refractivity contribution < 1.29 is 14.7 Å². The summed E-state index contributed by atoms with van der Waals surface area (Å²) in [6.45, 7) is 3.50. The Morgan fingerprint density at radius 2 is 2.12 bits per heavy atom. The van der Waals surface area contributed by atoms with Gasteiger partial charge in [-0.05, 0) is 37.8 Å². The molecule has 0 aliphatic heterocycles. The van der Waals surface area contributed by atoms with Gasteiger partial charge in [-0.1, -0.05) is 6.92 Å². The van der Waals surface area contributed by atoms with Crippen LogP contribution in [0.2, 0.25) is 0 Å². The van der Waals surface area contributed by atoms with Crippen molar-refractivity contribution in [2.45, 2.75) is 33.1 Å². The molecule has 1 aromatic rings. The molecule has 88 valence electrons. The van der Waals surface area contributed by atoms with Crippen LogP contribution in [0.15, 0.2) is 12.1 Å². The van der Waals surface area contributed by atoms with E-state index in [0.717, 1.165) is 22.6 Å². The first-order chi connectivity index (χ1) is 7.49. The maximum atomic E-state index is 11.1. The van der Waals surface area contributed by atoms with Crippen molar-refractivity contribution in [1.82, 2.24) is 0 Å². The molecule has 0 saturated carbocycles. The molecule has 1 heterocycles. The van der Waals surface area contributed by atoms with E-state index in [1.807, 2.05) is 19.1 Å². The minimum atomic E-state index is -0.747. The lowest BCUT2D eigenvalue weighted by molar-refractivity contribution is -0.138. The molecular formula is C12H16O3S. The largest absolute Gasteiger partial charge is 0.481 e. The molecule has 1 aromatic heterocycles. The summed E-state index contributed by atoms with van der Waals surface area (Å²) in [7, 11) is 0. The third-order valence-corrected chi connectivity index (χ3v) is 3.66. The van der Waals surface area contributed by atoms with Gasteiger partial charge in [0.05, 0.1) is 4.88 Å². The molecule has 1 N–H and O–H groups in total. The number of aliphatic carboxylic acids is 1. The SMILES string of the molecule is CC(=O)c1ccc(CCC(C)CC(=O)O)s1. The molecule has 0 fully saturated rings. The zero-order valence-corrected chi connectivity index (χ0v) is 10.3. The number of Topliss-reactive ketones (excluding diaryl/α,β-unsaturated/α-hetero) is 1. The van der Waals surface area contributed by atoms with Crippen molar-refractivity contribution >= 4 is 23.1 Å². The summed E-state index contributed by atoms with van der Waals surface area (Å²) in [4.78, 5) is 23.5. The van der Waals surface area contributed by atoms with Crippen molar-refractivity contribution in [3.8, 4) is 0 Å². The third kappa shape index (κ3) is 4.14. The third-order valence-electron chi connectivity index (χ3n) is 2.42. The van der Waals surface area contributed by atoms with Crippen LogP contribution in [0.3, 0.4) is 0 Å². The number of rotatable bonds is 6. The molecule has 0 amide bonds. The molecular weight excluding hydrogens is 224 g/mol. The van der Waals surface area contributed by atoms with Gasteiger partial charge in [0.15, 0.2) is 5.78 Å². The van der Waals surface area contributed by atoms with Gasteiger partial charge in [0.1, 0.15) is 0 Å². The van der Waals surface area contributed by atoms with Gasteiger partial charge in [0.25, 0.3) is 0 Å². The van der Waals surface area contributed by atoms with Crippen LogP contribution >= 0.6 is 11.3 Å². The van der Waals surface area contributed by atoms with Gasteiger partial charge >= 0.3 is 5.97 Å². The van der Waals surface area contributed by atoms with Gasteiger partial charge in [0.2, 0.25) is 0 Å². The van der Waals surface area contributed by atoms with Gasteiger partial charge in [-0.25, -0.2) is 0 Å². The van der Waals surface area contributed by atoms with Crippen molar-refractivity contribution in [2.75, 3.05) is 0 Å². The topological polar surface area (TPSA) is 54.4 Å². The number of ketones is 1. The fourth-order valence-electron chi connectivity index (χ4n) is 1.49. The zero-order chi connectivity index (χ0) is 12.1. The monoisotopic (exact) mass is 240 g/mol. The highest BCUT2D eigenvalue weighted by Gasteiger charge is 2.09. The Hall–Kier alpha value is -1.16. The van der Waals surface area contributed by atoms with Crippen LogP contribution < -0.4 is 0 Å². The maximum absolute atomic E-state index is 11.1. The number of aryl methyl sites for hydroxylation is 1. The zero-order valence-electron chi connectivity index (χ0n) is 9.53. The average molecular weight is 240 g/mol. The Morgan fingerprint density at radius 1 is 1.44 bits per heavy atom. The molecule has 0 aliphatic carbocycles. The van der Waals surface area contributed by atoms with E-state index >= 15 is 0 Å². The van der Waals surface area contributed by atoms with Crippen LogP contribution in [0.1, 0.15) is 41.2 Å². The van der Waals surface area contributed by atoms with Crippen molar-refractivity contribution in [3.63, 3.8) is 0 Å². The van der Waals surface area contributed by atoms with Crippen LogP contribution in [-0.4, -0.2) is 16.9 Å². The van der Waals surface area contributed by atoms with Crippen molar-refractivity contribution in [3.05, 3.63) is 21.9 Å². The summed E-state index contributed by atoms with van der Waals surface area (Å²) in [6, 6.07) is 3.79. The summed E-state index contributed by atoms with van der Waals surface area (Å²) in [5.74, 6) is -0.474. The molecule has 1 atom stereocenters. The van der Waals surface area contributed by atoms with Gasteiger partial charge in [-0.15, -0.1) is 11.3 Å². The first kappa shape index (κ1) is 12.9. The highest BCUT2D eigenvalue weighted by Crippen LogP contribution is 2.21. The molecule has 0 bridgehead atoms. The molecule has 1 unspecified atom stereocenters. The predicted molar refractivity (Wildman–Crippen MR) is 64.1 cm³/mol. The van der Waals surface area contributed by atoms with E-state index in [0.29, 0.717) is 0 Å². The Morgan fingerprint density at radius 3 is 2.62 bits per heavy atom. The standard InChI is InChI=1S/C12H16O3S/c1-8(7-12(14)15)3-4-10-5-6-11(16-10)9(2)13/h5-6,8H,3-4,7H2,1-2H3,(H,14,15). The molecule has 0 spiro atoms. The van der Waals surface area contributed by atoms with E-state index in [1.54, 1.807) is 6.92 Å². The van der Waals surface area contributed by atoms with E-state index in [9.17, 15) is 9.59 Å². The Bertz CT molecular complexity index is 381. The summed E-state index contributed by atoms with van der Waals surface area (Å²) >= 11 is 1.50. The Labute approximate surface area is 99.1 Å². The van der Waals surface area contributed by atoms with Crippen molar-refractivity contribution in [1.29, 1.82) is 0 Å². The van der Waals surface area contributed by atoms with E-state index in [4.69, 9.17) is 5.11 Å². The number of carboxylic acid groups (broad SMARTS) is 1. The molecule has 1 rings (SSSR count). The van der Waals surface area contributed by atoms with Crippen LogP contribution in [0, 0.1) is 5.92 Å². The van der Waals surface area contributed by atoms with E-state index in [2.05, 4.69) is 0 Å². The number of carbonyl (C=O) groups is 2. The van der Waals surface area contributed by atoms with Gasteiger partial charge in [-0.3, -0.25) is 9.59 Å². The molecule has 0 aromatic carbocycles. The van der Waals surface area contributed by atoms with E-state index in [1.165, 1.54) is 11.3 Å². The predicted octanol–water partition coefficient (Wildman–Crippen LogP) is 2.99. The lowest BCUT2D eigenvalue weighted by Crippen LogP contribution is -2.04. The van der Waals surface area contributed by atoms with Crippen molar-refractivity contribution in [2.24, 2.45) is 5.92 Å². The molecule has 3 nitrogen and oxygen atoms in total. The minimum Gasteiger partial charge on any atom is -0.481 e. The quantitative estimate of drug-likeness (QED) is 0.778. The van der Waals surface area contributed by atoms with Crippen LogP contribution in [0.5, 0.6) is 0 Å². The number of carbonyl (C=O) groups excluding carboxylic acids is 1. The molecule has 4 heteroatoms. The van der Waals surface area contributed by atoms with Gasteiger partial charge < -0.3 is 5.11 Å². The smallest absolute Gasteiger partial charge is 0.303 e. The second-order valence-electron chi connectivity index (χ2n) is 4.06. The van der Waals surface area contributed by atoms with Gasteiger partial charge in [0, 0.05) is 11.3 Å². The molecule has 0 saturated heterocycles. The molecule has 0 radical (unpaired) electrons. The molecule has 0 aliphatic rings. The number of carboxylic acids is 1. The first-order valence-corrected chi connectivity index (χ1v) is 6.12. The van der Waals surface area contributed by atoms with Crippen LogP contribution in [0.4, 0.5) is 0 Å². The summed E-state index contributed by atoms with van der Waals surface area (Å²) in [5, 5.41) is 8.62. The summed E-state index contributed by atoms with van der Waals surface area (Å²) in [6.07, 6.45) is 1.92. The first-order valence-electron chi connectivity index (χ1n) is 5.30. The van der Waals surface area contributed by atoms with E-state index in [-0.39, 0.29) is 18.1 Å². The second-order valence-corrected chi connectivity index (χ2v) is 5.23. The van der Waals surface area contributed by atoms with E-state index < -0.39 is 5.97 Å². The summed E-state index contributed by atoms with van der Waals surface area (Å²) < 4.78 is 0.